The van der Waals surface area contributed by atoms with E-state index in [-0.39, 0.29) is 0 Å². The first kappa shape index (κ1) is 6.59. The Labute approximate surface area is 61.2 Å². The molecule has 0 amide bonds. The van der Waals surface area contributed by atoms with E-state index in [9.17, 15) is 4.39 Å². The average Bonchev–Trinajstić information content (AvgIpc) is 2.04. The second kappa shape index (κ2) is 1.94. The minimum absolute atomic E-state index is 0.305. The van der Waals surface area contributed by atoms with Crippen LogP contribution in [0.4, 0.5) is 4.39 Å². The number of hydrogen-bond acceptors (Lipinski definition) is 1. The lowest BCUT2D eigenvalue weighted by Crippen LogP contribution is -2.46. The molecule has 1 spiro atoms. The second-order valence-electron chi connectivity index (χ2n) is 3.76. The summed E-state index contributed by atoms with van der Waals surface area (Å²) in [5.74, 6) is 0. The van der Waals surface area contributed by atoms with Gasteiger partial charge in [-0.15, -0.1) is 0 Å². The molecule has 1 nitrogen and oxygen atoms in total. The van der Waals surface area contributed by atoms with Crippen LogP contribution in [-0.2, 0) is 0 Å². The van der Waals surface area contributed by atoms with Crippen LogP contribution in [0, 0.1) is 0 Å². The predicted molar refractivity (Wildman–Crippen MR) is 38.7 cm³/mol. The van der Waals surface area contributed by atoms with Gasteiger partial charge in [0.25, 0.3) is 0 Å². The zero-order valence-electron chi connectivity index (χ0n) is 6.44. The van der Waals surface area contributed by atoms with Gasteiger partial charge in [-0.2, -0.15) is 0 Å². The molecule has 0 radical (unpaired) electrons. The molecule has 0 aromatic carbocycles. The van der Waals surface area contributed by atoms with Gasteiger partial charge in [0.1, 0.15) is 6.17 Å². The van der Waals surface area contributed by atoms with E-state index < -0.39 is 6.17 Å². The van der Waals surface area contributed by atoms with Gasteiger partial charge in [0.05, 0.1) is 0 Å². The maximum absolute atomic E-state index is 12.8. The van der Waals surface area contributed by atoms with Gasteiger partial charge in [0, 0.05) is 12.1 Å². The molecule has 0 aromatic rings. The summed E-state index contributed by atoms with van der Waals surface area (Å²) in [6, 6.07) is 0. The summed E-state index contributed by atoms with van der Waals surface area (Å²) in [6.07, 6.45) is 4.00. The van der Waals surface area contributed by atoms with Crippen molar-refractivity contribution >= 4 is 0 Å². The van der Waals surface area contributed by atoms with Crippen LogP contribution >= 0.6 is 0 Å². The standard InChI is InChI=1S/C8H14FN/c1-10-6-7(9)5-8(10)3-2-4-8/h7H,2-6H2,1H3. The molecule has 2 heteroatoms. The lowest BCUT2D eigenvalue weighted by atomic mass is 9.75. The van der Waals surface area contributed by atoms with Gasteiger partial charge in [-0.25, -0.2) is 4.39 Å². The molecule has 2 fully saturated rings. The molecule has 2 aliphatic rings. The third kappa shape index (κ3) is 0.715. The molecule has 10 heavy (non-hydrogen) atoms. The van der Waals surface area contributed by atoms with Crippen molar-refractivity contribution in [3.63, 3.8) is 0 Å². The van der Waals surface area contributed by atoms with E-state index in [0.29, 0.717) is 12.1 Å². The molecule has 58 valence electrons. The van der Waals surface area contributed by atoms with Gasteiger partial charge in [-0.05, 0) is 32.7 Å². The van der Waals surface area contributed by atoms with Crippen molar-refractivity contribution in [2.75, 3.05) is 13.6 Å². The summed E-state index contributed by atoms with van der Waals surface area (Å²) >= 11 is 0. The van der Waals surface area contributed by atoms with Crippen LogP contribution in [0.3, 0.4) is 0 Å². The van der Waals surface area contributed by atoms with Crippen LogP contribution in [-0.4, -0.2) is 30.2 Å². The van der Waals surface area contributed by atoms with E-state index in [1.807, 2.05) is 0 Å². The maximum atomic E-state index is 12.8. The van der Waals surface area contributed by atoms with Crippen molar-refractivity contribution < 1.29 is 4.39 Å². The highest BCUT2D eigenvalue weighted by Crippen LogP contribution is 2.45. The quantitative estimate of drug-likeness (QED) is 0.497. The minimum atomic E-state index is -0.551. The summed E-state index contributed by atoms with van der Waals surface area (Å²) in [5.41, 5.74) is 0.305. The molecule has 1 unspecified atom stereocenters. The molecule has 0 N–H and O–H groups in total. The van der Waals surface area contributed by atoms with E-state index in [0.717, 1.165) is 6.42 Å². The lowest BCUT2D eigenvalue weighted by molar-refractivity contribution is 0.0798. The van der Waals surface area contributed by atoms with Gasteiger partial charge in [-0.1, -0.05) is 0 Å². The Bertz CT molecular complexity index is 142. The summed E-state index contributed by atoms with van der Waals surface area (Å²) < 4.78 is 12.8. The average molecular weight is 143 g/mol. The van der Waals surface area contributed by atoms with Crippen molar-refractivity contribution in [3.05, 3.63) is 0 Å². The van der Waals surface area contributed by atoms with Crippen molar-refractivity contribution in [1.29, 1.82) is 0 Å². The fourth-order valence-electron chi connectivity index (χ4n) is 2.29. The topological polar surface area (TPSA) is 3.24 Å². The van der Waals surface area contributed by atoms with Crippen LogP contribution < -0.4 is 0 Å². The first-order valence-electron chi connectivity index (χ1n) is 4.08. The number of alkyl halides is 1. The number of nitrogens with zero attached hydrogens (tertiary/aromatic N) is 1. The SMILES string of the molecule is CN1CC(F)CC12CCC2. The van der Waals surface area contributed by atoms with Crippen LogP contribution in [0.5, 0.6) is 0 Å². The molecule has 0 aromatic heterocycles. The molecule has 1 aliphatic heterocycles. The first-order valence-corrected chi connectivity index (χ1v) is 4.08. The Hall–Kier alpha value is -0.110. The Balaban J connectivity index is 2.08. The number of rotatable bonds is 0. The molecular formula is C8H14FN. The van der Waals surface area contributed by atoms with Gasteiger partial charge in [0.15, 0.2) is 0 Å². The molecule has 1 saturated heterocycles. The van der Waals surface area contributed by atoms with Crippen molar-refractivity contribution in [1.82, 2.24) is 4.90 Å². The molecule has 0 bridgehead atoms. The molecule has 1 saturated carbocycles. The first-order chi connectivity index (χ1) is 4.73. The van der Waals surface area contributed by atoms with E-state index in [4.69, 9.17) is 0 Å². The third-order valence-electron chi connectivity index (χ3n) is 3.17. The Kier molecular flexibility index (Phi) is 1.28. The zero-order valence-corrected chi connectivity index (χ0v) is 6.44. The second-order valence-corrected chi connectivity index (χ2v) is 3.76. The summed E-state index contributed by atoms with van der Waals surface area (Å²) in [4.78, 5) is 2.21. The smallest absolute Gasteiger partial charge is 0.115 e. The molecule has 1 atom stereocenters. The highest BCUT2D eigenvalue weighted by atomic mass is 19.1. The lowest BCUT2D eigenvalue weighted by Gasteiger charge is -2.43. The normalized spacial score (nSPS) is 38.4. The van der Waals surface area contributed by atoms with Gasteiger partial charge < -0.3 is 0 Å². The number of hydrogen-bond donors (Lipinski definition) is 0. The molecule has 2 rings (SSSR count). The Morgan fingerprint density at radius 1 is 1.50 bits per heavy atom. The highest BCUT2D eigenvalue weighted by molar-refractivity contribution is 5.03. The number of halogens is 1. The van der Waals surface area contributed by atoms with Crippen LogP contribution in [0.1, 0.15) is 25.7 Å². The van der Waals surface area contributed by atoms with E-state index in [2.05, 4.69) is 11.9 Å². The fraction of sp³-hybridized carbons (Fsp3) is 1.00. The fourth-order valence-corrected chi connectivity index (χ4v) is 2.29. The molecule has 1 aliphatic carbocycles. The molecular weight excluding hydrogens is 129 g/mol. The summed E-state index contributed by atoms with van der Waals surface area (Å²) in [6.45, 7) is 0.667. The monoisotopic (exact) mass is 143 g/mol. The van der Waals surface area contributed by atoms with E-state index >= 15 is 0 Å². The Morgan fingerprint density at radius 3 is 2.40 bits per heavy atom. The Morgan fingerprint density at radius 2 is 2.20 bits per heavy atom. The predicted octanol–water partition coefficient (Wildman–Crippen LogP) is 1.58. The third-order valence-corrected chi connectivity index (χ3v) is 3.17. The van der Waals surface area contributed by atoms with Gasteiger partial charge >= 0.3 is 0 Å². The van der Waals surface area contributed by atoms with E-state index in [1.165, 1.54) is 19.3 Å². The van der Waals surface area contributed by atoms with Crippen molar-refractivity contribution in [2.24, 2.45) is 0 Å². The van der Waals surface area contributed by atoms with Gasteiger partial charge in [0.2, 0.25) is 0 Å². The van der Waals surface area contributed by atoms with Gasteiger partial charge in [-0.3, -0.25) is 4.90 Å². The van der Waals surface area contributed by atoms with E-state index in [1.54, 1.807) is 0 Å². The molecule has 1 heterocycles. The van der Waals surface area contributed by atoms with Crippen LogP contribution in [0.25, 0.3) is 0 Å². The summed E-state index contributed by atoms with van der Waals surface area (Å²) in [7, 11) is 2.05. The van der Waals surface area contributed by atoms with Crippen LogP contribution in [0.2, 0.25) is 0 Å². The van der Waals surface area contributed by atoms with Crippen LogP contribution in [0.15, 0.2) is 0 Å². The summed E-state index contributed by atoms with van der Waals surface area (Å²) in [5, 5.41) is 0. The maximum Gasteiger partial charge on any atom is 0.115 e. The zero-order chi connectivity index (χ0) is 7.19. The highest BCUT2D eigenvalue weighted by Gasteiger charge is 2.47. The largest absolute Gasteiger partial charge is 0.298 e. The van der Waals surface area contributed by atoms with Crippen molar-refractivity contribution in [3.8, 4) is 0 Å². The number of likely N-dealkylation sites (tertiary alicyclic amines) is 1. The van der Waals surface area contributed by atoms with Crippen molar-refractivity contribution in [2.45, 2.75) is 37.4 Å². The minimum Gasteiger partial charge on any atom is -0.298 e.